The van der Waals surface area contributed by atoms with Gasteiger partial charge in [-0.25, -0.2) is 4.39 Å². The minimum atomic E-state index is -0.229. The highest BCUT2D eigenvalue weighted by atomic mass is 79.9. The Morgan fingerprint density at radius 3 is 2.81 bits per heavy atom. The Bertz CT molecular complexity index is 357. The smallest absolute Gasteiger partial charge is 0.233 e. The van der Waals surface area contributed by atoms with Gasteiger partial charge in [0.1, 0.15) is 5.82 Å². The van der Waals surface area contributed by atoms with Gasteiger partial charge in [0, 0.05) is 13.1 Å². The van der Waals surface area contributed by atoms with E-state index in [1.54, 1.807) is 11.0 Å². The molecule has 0 fully saturated rings. The van der Waals surface area contributed by atoms with E-state index < -0.39 is 0 Å². The average molecular weight is 288 g/mol. The van der Waals surface area contributed by atoms with Crippen molar-refractivity contribution in [3.8, 4) is 0 Å². The van der Waals surface area contributed by atoms with E-state index in [-0.39, 0.29) is 11.7 Å². The van der Waals surface area contributed by atoms with E-state index in [9.17, 15) is 9.18 Å². The van der Waals surface area contributed by atoms with Gasteiger partial charge in [-0.05, 0) is 31.0 Å². The first-order valence-electron chi connectivity index (χ1n) is 5.25. The van der Waals surface area contributed by atoms with E-state index in [4.69, 9.17) is 0 Å². The lowest BCUT2D eigenvalue weighted by molar-refractivity contribution is -0.128. The predicted molar refractivity (Wildman–Crippen MR) is 66.2 cm³/mol. The molecular formula is C12H15BrFNO. The van der Waals surface area contributed by atoms with E-state index >= 15 is 0 Å². The summed E-state index contributed by atoms with van der Waals surface area (Å²) in [6.45, 7) is 3.25. The molecule has 0 bridgehead atoms. The lowest BCUT2D eigenvalue weighted by Crippen LogP contribution is -2.33. The van der Waals surface area contributed by atoms with Crippen molar-refractivity contribution in [3.05, 3.63) is 35.6 Å². The van der Waals surface area contributed by atoms with Crippen LogP contribution in [0.15, 0.2) is 24.3 Å². The second-order valence-corrected chi connectivity index (χ2v) is 4.05. The average Bonchev–Trinajstić information content (AvgIpc) is 2.29. The first kappa shape index (κ1) is 13.2. The molecule has 0 aliphatic heterocycles. The molecular weight excluding hydrogens is 273 g/mol. The summed E-state index contributed by atoms with van der Waals surface area (Å²) in [5.74, 6) is -0.161. The van der Waals surface area contributed by atoms with Gasteiger partial charge in [0.2, 0.25) is 5.91 Å². The maximum atomic E-state index is 12.9. The molecule has 1 rings (SSSR count). The van der Waals surface area contributed by atoms with Crippen LogP contribution in [0.2, 0.25) is 0 Å². The van der Waals surface area contributed by atoms with Crippen LogP contribution in [0.5, 0.6) is 0 Å². The molecule has 0 aliphatic carbocycles. The van der Waals surface area contributed by atoms with Gasteiger partial charge < -0.3 is 4.90 Å². The van der Waals surface area contributed by atoms with Crippen molar-refractivity contribution in [1.82, 2.24) is 4.90 Å². The number of rotatable bonds is 5. The maximum Gasteiger partial charge on any atom is 0.233 e. The Balaban J connectivity index is 2.52. The lowest BCUT2D eigenvalue weighted by Gasteiger charge is -2.19. The minimum Gasteiger partial charge on any atom is -0.342 e. The fourth-order valence-electron chi connectivity index (χ4n) is 1.50. The van der Waals surface area contributed by atoms with Gasteiger partial charge in [-0.1, -0.05) is 28.1 Å². The molecule has 0 saturated heterocycles. The van der Waals surface area contributed by atoms with Crippen LogP contribution in [0.4, 0.5) is 4.39 Å². The maximum absolute atomic E-state index is 12.9. The summed E-state index contributed by atoms with van der Waals surface area (Å²) < 4.78 is 12.9. The fraction of sp³-hybridized carbons (Fsp3) is 0.417. The second kappa shape index (κ2) is 6.63. The van der Waals surface area contributed by atoms with Gasteiger partial charge in [0.15, 0.2) is 0 Å². The minimum absolute atomic E-state index is 0.0684. The largest absolute Gasteiger partial charge is 0.342 e. The Morgan fingerprint density at radius 2 is 2.25 bits per heavy atom. The zero-order valence-corrected chi connectivity index (χ0v) is 10.8. The number of benzene rings is 1. The Morgan fingerprint density at radius 1 is 1.50 bits per heavy atom. The molecule has 0 unspecified atom stereocenters. The van der Waals surface area contributed by atoms with E-state index in [1.807, 2.05) is 13.0 Å². The number of likely N-dealkylation sites (N-methyl/N-ethyl adjacent to an activating group) is 1. The highest BCUT2D eigenvalue weighted by molar-refractivity contribution is 9.09. The number of halogens is 2. The van der Waals surface area contributed by atoms with Crippen LogP contribution in [0.1, 0.15) is 12.5 Å². The Labute approximate surface area is 104 Å². The third kappa shape index (κ3) is 3.93. The molecule has 0 spiro atoms. The number of carbonyl (C=O) groups is 1. The van der Waals surface area contributed by atoms with Crippen LogP contribution < -0.4 is 0 Å². The monoisotopic (exact) mass is 287 g/mol. The topological polar surface area (TPSA) is 20.3 Å². The highest BCUT2D eigenvalue weighted by Crippen LogP contribution is 2.05. The molecule has 0 aliphatic rings. The summed E-state index contributed by atoms with van der Waals surface area (Å²) in [7, 11) is 0. The number of nitrogens with zero attached hydrogens (tertiary/aromatic N) is 1. The van der Waals surface area contributed by atoms with Crippen molar-refractivity contribution in [1.29, 1.82) is 0 Å². The van der Waals surface area contributed by atoms with Crippen LogP contribution >= 0.6 is 15.9 Å². The molecule has 16 heavy (non-hydrogen) atoms. The van der Waals surface area contributed by atoms with Crippen LogP contribution in [0, 0.1) is 5.82 Å². The number of carbonyl (C=O) groups excluding carboxylic acids is 1. The first-order valence-corrected chi connectivity index (χ1v) is 6.37. The number of hydrogen-bond acceptors (Lipinski definition) is 1. The number of amides is 1. The summed E-state index contributed by atoms with van der Waals surface area (Å²) in [6.07, 6.45) is 0.685. The number of alkyl halides is 1. The Kier molecular flexibility index (Phi) is 5.46. The van der Waals surface area contributed by atoms with E-state index in [2.05, 4.69) is 15.9 Å². The SMILES string of the molecule is CCN(CCc1cccc(F)c1)C(=O)CBr. The molecule has 1 amide bonds. The molecule has 0 atom stereocenters. The summed E-state index contributed by atoms with van der Waals surface area (Å²) in [5, 5.41) is 0.337. The van der Waals surface area contributed by atoms with Crippen molar-refractivity contribution >= 4 is 21.8 Å². The van der Waals surface area contributed by atoms with Gasteiger partial charge in [0.05, 0.1) is 5.33 Å². The van der Waals surface area contributed by atoms with Crippen LogP contribution in [-0.2, 0) is 11.2 Å². The van der Waals surface area contributed by atoms with Gasteiger partial charge in [0.25, 0.3) is 0 Å². The lowest BCUT2D eigenvalue weighted by atomic mass is 10.1. The van der Waals surface area contributed by atoms with E-state index in [0.717, 1.165) is 5.56 Å². The summed E-state index contributed by atoms with van der Waals surface area (Å²) in [4.78, 5) is 13.2. The third-order valence-corrected chi connectivity index (χ3v) is 2.89. The molecule has 1 aromatic rings. The molecule has 0 heterocycles. The molecule has 0 radical (unpaired) electrons. The highest BCUT2D eigenvalue weighted by Gasteiger charge is 2.09. The summed E-state index contributed by atoms with van der Waals surface area (Å²) in [5.41, 5.74) is 0.917. The predicted octanol–water partition coefficient (Wildman–Crippen LogP) is 2.61. The van der Waals surface area contributed by atoms with Crippen molar-refractivity contribution in [3.63, 3.8) is 0 Å². The van der Waals surface area contributed by atoms with Gasteiger partial charge in [-0.15, -0.1) is 0 Å². The van der Waals surface area contributed by atoms with Crippen molar-refractivity contribution in [2.75, 3.05) is 18.4 Å². The van der Waals surface area contributed by atoms with Crippen molar-refractivity contribution < 1.29 is 9.18 Å². The molecule has 1 aromatic carbocycles. The molecule has 88 valence electrons. The summed E-state index contributed by atoms with van der Waals surface area (Å²) in [6, 6.07) is 6.49. The fourth-order valence-corrected chi connectivity index (χ4v) is 1.85. The second-order valence-electron chi connectivity index (χ2n) is 3.49. The van der Waals surface area contributed by atoms with Crippen molar-refractivity contribution in [2.45, 2.75) is 13.3 Å². The number of hydrogen-bond donors (Lipinski definition) is 0. The van der Waals surface area contributed by atoms with Crippen LogP contribution in [-0.4, -0.2) is 29.2 Å². The van der Waals surface area contributed by atoms with E-state index in [1.165, 1.54) is 12.1 Å². The Hall–Kier alpha value is -0.900. The molecule has 0 N–H and O–H groups in total. The summed E-state index contributed by atoms with van der Waals surface area (Å²) >= 11 is 3.14. The van der Waals surface area contributed by atoms with Crippen molar-refractivity contribution in [2.24, 2.45) is 0 Å². The van der Waals surface area contributed by atoms with Gasteiger partial charge in [-0.3, -0.25) is 4.79 Å². The third-order valence-electron chi connectivity index (χ3n) is 2.41. The zero-order chi connectivity index (χ0) is 12.0. The first-order chi connectivity index (χ1) is 7.67. The molecule has 4 heteroatoms. The van der Waals surface area contributed by atoms with E-state index in [0.29, 0.717) is 24.8 Å². The van der Waals surface area contributed by atoms with Crippen LogP contribution in [0.3, 0.4) is 0 Å². The quantitative estimate of drug-likeness (QED) is 0.763. The van der Waals surface area contributed by atoms with Gasteiger partial charge in [-0.2, -0.15) is 0 Å². The van der Waals surface area contributed by atoms with Gasteiger partial charge >= 0.3 is 0 Å². The normalized spacial score (nSPS) is 10.2. The van der Waals surface area contributed by atoms with Crippen LogP contribution in [0.25, 0.3) is 0 Å². The standard InChI is InChI=1S/C12H15BrFNO/c1-2-15(12(16)9-13)7-6-10-4-3-5-11(14)8-10/h3-5,8H,2,6-7,9H2,1H3. The zero-order valence-electron chi connectivity index (χ0n) is 9.25. The molecule has 0 saturated carbocycles. The molecule has 0 aromatic heterocycles. The molecule has 2 nitrogen and oxygen atoms in total.